The summed E-state index contributed by atoms with van der Waals surface area (Å²) in [6, 6.07) is 7.18. The first kappa shape index (κ1) is 20.5. The van der Waals surface area contributed by atoms with Crippen molar-refractivity contribution in [3.8, 4) is 0 Å². The Morgan fingerprint density at radius 1 is 1.19 bits per heavy atom. The molecular formula is C21H17F3N4O3. The summed E-state index contributed by atoms with van der Waals surface area (Å²) >= 11 is 0. The number of hydrogen-bond donors (Lipinski definition) is 2. The largest absolute Gasteiger partial charge is 0.361 e. The molecule has 0 atom stereocenters. The second-order valence-corrected chi connectivity index (χ2v) is 7.05. The summed E-state index contributed by atoms with van der Waals surface area (Å²) in [7, 11) is 0. The first-order valence-corrected chi connectivity index (χ1v) is 9.34. The van der Waals surface area contributed by atoms with Crippen LogP contribution < -0.4 is 15.5 Å². The molecule has 0 radical (unpaired) electrons. The Balaban J connectivity index is 1.55. The maximum atomic E-state index is 13.8. The quantitative estimate of drug-likeness (QED) is 0.648. The van der Waals surface area contributed by atoms with Crippen LogP contribution in [-0.4, -0.2) is 17.1 Å². The SMILES string of the molecule is Cc1cc(CN2C(=O)NCc3ccc(C(=O)NCc4c(F)cc(F)cc4F)cc32)no1. The van der Waals surface area contributed by atoms with Gasteiger partial charge in [-0.1, -0.05) is 11.2 Å². The third-order valence-electron chi connectivity index (χ3n) is 4.84. The van der Waals surface area contributed by atoms with E-state index in [9.17, 15) is 22.8 Å². The van der Waals surface area contributed by atoms with Gasteiger partial charge < -0.3 is 15.2 Å². The normalized spacial score (nSPS) is 13.0. The topological polar surface area (TPSA) is 87.5 Å². The van der Waals surface area contributed by atoms with Crippen LogP contribution in [0.2, 0.25) is 0 Å². The van der Waals surface area contributed by atoms with E-state index < -0.39 is 35.5 Å². The summed E-state index contributed by atoms with van der Waals surface area (Å²) in [4.78, 5) is 26.4. The molecule has 0 aliphatic carbocycles. The Morgan fingerprint density at radius 3 is 2.61 bits per heavy atom. The predicted molar refractivity (Wildman–Crippen MR) is 104 cm³/mol. The number of amides is 3. The summed E-state index contributed by atoms with van der Waals surface area (Å²) in [5.41, 5.74) is 1.58. The van der Waals surface area contributed by atoms with Gasteiger partial charge in [0.05, 0.1) is 12.2 Å². The molecule has 1 aliphatic rings. The van der Waals surface area contributed by atoms with E-state index in [-0.39, 0.29) is 24.7 Å². The van der Waals surface area contributed by atoms with E-state index in [1.165, 1.54) is 11.0 Å². The minimum Gasteiger partial charge on any atom is -0.361 e. The van der Waals surface area contributed by atoms with Crippen molar-refractivity contribution < 1.29 is 27.3 Å². The highest BCUT2D eigenvalue weighted by molar-refractivity contribution is 5.99. The number of nitrogens with zero attached hydrogens (tertiary/aromatic N) is 2. The van der Waals surface area contributed by atoms with Crippen molar-refractivity contribution in [1.82, 2.24) is 15.8 Å². The number of fused-ring (bicyclic) bond motifs is 1. The van der Waals surface area contributed by atoms with Gasteiger partial charge in [-0.25, -0.2) is 18.0 Å². The zero-order valence-corrected chi connectivity index (χ0v) is 16.3. The van der Waals surface area contributed by atoms with E-state index >= 15 is 0 Å². The Bertz CT molecular complexity index is 1160. The molecule has 0 saturated carbocycles. The summed E-state index contributed by atoms with van der Waals surface area (Å²) < 4.78 is 45.7. The van der Waals surface area contributed by atoms with Crippen LogP contribution in [0, 0.1) is 24.4 Å². The van der Waals surface area contributed by atoms with E-state index in [1.54, 1.807) is 25.1 Å². The lowest BCUT2D eigenvalue weighted by Gasteiger charge is -2.29. The van der Waals surface area contributed by atoms with Crippen molar-refractivity contribution in [1.29, 1.82) is 0 Å². The standard InChI is InChI=1S/C21H17F3N4O3/c1-11-4-15(27-31-11)10-28-19-5-12(2-3-13(19)8-26-21(28)30)20(29)25-9-16-17(23)6-14(22)7-18(16)24/h2-7H,8-10H2,1H3,(H,25,29)(H,26,30). The molecule has 2 aromatic carbocycles. The van der Waals surface area contributed by atoms with Gasteiger partial charge in [0.15, 0.2) is 0 Å². The predicted octanol–water partition coefficient (Wildman–Crippen LogP) is 3.56. The van der Waals surface area contributed by atoms with Gasteiger partial charge in [-0.2, -0.15) is 0 Å². The molecule has 3 aromatic rings. The van der Waals surface area contributed by atoms with E-state index in [4.69, 9.17) is 4.52 Å². The van der Waals surface area contributed by atoms with Crippen LogP contribution in [0.25, 0.3) is 0 Å². The zero-order valence-electron chi connectivity index (χ0n) is 16.3. The number of rotatable bonds is 5. The zero-order chi connectivity index (χ0) is 22.1. The minimum absolute atomic E-state index is 0.132. The van der Waals surface area contributed by atoms with Gasteiger partial charge in [0, 0.05) is 42.4 Å². The molecule has 0 spiro atoms. The van der Waals surface area contributed by atoms with Crippen molar-refractivity contribution in [3.05, 3.63) is 82.0 Å². The molecule has 10 heteroatoms. The lowest BCUT2D eigenvalue weighted by Crippen LogP contribution is -2.44. The fraction of sp³-hybridized carbons (Fsp3) is 0.190. The molecule has 160 valence electrons. The second kappa shape index (κ2) is 8.13. The summed E-state index contributed by atoms with van der Waals surface area (Å²) in [5.74, 6) is -3.22. The average Bonchev–Trinajstić information content (AvgIpc) is 3.13. The molecule has 31 heavy (non-hydrogen) atoms. The van der Waals surface area contributed by atoms with E-state index in [1.807, 2.05) is 0 Å². The third-order valence-corrected chi connectivity index (χ3v) is 4.84. The molecule has 0 bridgehead atoms. The third kappa shape index (κ3) is 4.23. The fourth-order valence-electron chi connectivity index (χ4n) is 3.30. The number of aromatic nitrogens is 1. The Hall–Kier alpha value is -3.82. The maximum Gasteiger partial charge on any atom is 0.322 e. The van der Waals surface area contributed by atoms with Gasteiger partial charge in [0.1, 0.15) is 28.9 Å². The second-order valence-electron chi connectivity index (χ2n) is 7.05. The smallest absolute Gasteiger partial charge is 0.322 e. The summed E-state index contributed by atoms with van der Waals surface area (Å²) in [6.07, 6.45) is 0. The molecule has 3 amide bonds. The number of urea groups is 1. The van der Waals surface area contributed by atoms with Gasteiger partial charge in [-0.05, 0) is 24.6 Å². The van der Waals surface area contributed by atoms with Crippen LogP contribution in [0.5, 0.6) is 0 Å². The molecule has 2 N–H and O–H groups in total. The highest BCUT2D eigenvalue weighted by atomic mass is 19.1. The summed E-state index contributed by atoms with van der Waals surface area (Å²) in [6.45, 7) is 1.69. The molecule has 4 rings (SSSR count). The van der Waals surface area contributed by atoms with Crippen molar-refractivity contribution in [2.24, 2.45) is 0 Å². The molecule has 1 aromatic heterocycles. The molecule has 0 fully saturated rings. The number of hydrogen-bond acceptors (Lipinski definition) is 4. The van der Waals surface area contributed by atoms with Crippen molar-refractivity contribution in [2.45, 2.75) is 26.6 Å². The van der Waals surface area contributed by atoms with Crippen LogP contribution in [0.15, 0.2) is 40.9 Å². The molecular weight excluding hydrogens is 413 g/mol. The maximum absolute atomic E-state index is 13.8. The molecule has 0 saturated heterocycles. The fourth-order valence-corrected chi connectivity index (χ4v) is 3.30. The van der Waals surface area contributed by atoms with E-state index in [2.05, 4.69) is 15.8 Å². The van der Waals surface area contributed by atoms with Gasteiger partial charge in [-0.3, -0.25) is 9.69 Å². The minimum atomic E-state index is -1.09. The first-order chi connectivity index (χ1) is 14.8. The van der Waals surface area contributed by atoms with Gasteiger partial charge in [0.25, 0.3) is 5.91 Å². The Labute approximate surface area is 174 Å². The lowest BCUT2D eigenvalue weighted by atomic mass is 10.0. The molecule has 1 aliphatic heterocycles. The number of carbonyl (C=O) groups excluding carboxylic acids is 2. The molecule has 0 unspecified atom stereocenters. The van der Waals surface area contributed by atoms with E-state index in [0.717, 1.165) is 5.56 Å². The molecule has 7 nitrogen and oxygen atoms in total. The monoisotopic (exact) mass is 430 g/mol. The van der Waals surface area contributed by atoms with E-state index in [0.29, 0.717) is 29.3 Å². The summed E-state index contributed by atoms with van der Waals surface area (Å²) in [5, 5.41) is 9.04. The van der Waals surface area contributed by atoms with Crippen LogP contribution in [0.3, 0.4) is 0 Å². The number of carbonyl (C=O) groups is 2. The number of benzene rings is 2. The van der Waals surface area contributed by atoms with Crippen molar-refractivity contribution in [3.63, 3.8) is 0 Å². The average molecular weight is 430 g/mol. The van der Waals surface area contributed by atoms with Gasteiger partial charge in [0.2, 0.25) is 0 Å². The number of aryl methyl sites for hydroxylation is 1. The number of halogens is 3. The van der Waals surface area contributed by atoms with Gasteiger partial charge >= 0.3 is 6.03 Å². The van der Waals surface area contributed by atoms with Crippen LogP contribution in [0.4, 0.5) is 23.7 Å². The van der Waals surface area contributed by atoms with Crippen LogP contribution in [0.1, 0.15) is 32.9 Å². The van der Waals surface area contributed by atoms with Crippen LogP contribution in [-0.2, 0) is 19.6 Å². The van der Waals surface area contributed by atoms with Crippen molar-refractivity contribution >= 4 is 17.6 Å². The highest BCUT2D eigenvalue weighted by Crippen LogP contribution is 2.28. The Kier molecular flexibility index (Phi) is 5.37. The number of anilines is 1. The van der Waals surface area contributed by atoms with Crippen molar-refractivity contribution in [2.75, 3.05) is 4.90 Å². The first-order valence-electron chi connectivity index (χ1n) is 9.34. The lowest BCUT2D eigenvalue weighted by molar-refractivity contribution is 0.0950. The van der Waals surface area contributed by atoms with Gasteiger partial charge in [-0.15, -0.1) is 0 Å². The molecule has 2 heterocycles. The number of nitrogens with one attached hydrogen (secondary N) is 2. The Morgan fingerprint density at radius 2 is 1.94 bits per heavy atom. The van der Waals surface area contributed by atoms with Crippen LogP contribution >= 0.6 is 0 Å². The highest BCUT2D eigenvalue weighted by Gasteiger charge is 2.26.